The van der Waals surface area contributed by atoms with Gasteiger partial charge in [-0.25, -0.2) is 9.69 Å². The summed E-state index contributed by atoms with van der Waals surface area (Å²) in [7, 11) is 0. The van der Waals surface area contributed by atoms with E-state index in [1.807, 2.05) is 25.1 Å². The molecule has 2 amide bonds. The maximum absolute atomic E-state index is 12.8. The van der Waals surface area contributed by atoms with Crippen LogP contribution >= 0.6 is 0 Å². The average Bonchev–Trinajstić information content (AvgIpc) is 2.53. The molecule has 25 heavy (non-hydrogen) atoms. The van der Waals surface area contributed by atoms with Gasteiger partial charge in [-0.3, -0.25) is 4.79 Å². The molecule has 1 unspecified atom stereocenters. The summed E-state index contributed by atoms with van der Waals surface area (Å²) in [5.41, 5.74) is 0.603. The number of ether oxygens (including phenoxy) is 2. The minimum Gasteiger partial charge on any atom is -0.443 e. The van der Waals surface area contributed by atoms with Gasteiger partial charge in [0, 0.05) is 0 Å². The number of benzene rings is 1. The lowest BCUT2D eigenvalue weighted by molar-refractivity contribution is -0.157. The zero-order valence-corrected chi connectivity index (χ0v) is 15.8. The van der Waals surface area contributed by atoms with Crippen LogP contribution in [0.15, 0.2) is 30.3 Å². The molecule has 1 aliphatic rings. The van der Waals surface area contributed by atoms with Gasteiger partial charge >= 0.3 is 6.09 Å². The van der Waals surface area contributed by atoms with Gasteiger partial charge in [0.15, 0.2) is 0 Å². The van der Waals surface area contributed by atoms with E-state index < -0.39 is 17.8 Å². The van der Waals surface area contributed by atoms with Gasteiger partial charge in [0.25, 0.3) is 5.91 Å². The Balaban J connectivity index is 2.02. The third-order valence-electron chi connectivity index (χ3n) is 4.51. The van der Waals surface area contributed by atoms with Crippen molar-refractivity contribution in [3.63, 3.8) is 0 Å². The van der Waals surface area contributed by atoms with E-state index in [2.05, 4.69) is 19.1 Å². The van der Waals surface area contributed by atoms with E-state index in [-0.39, 0.29) is 24.3 Å². The quantitative estimate of drug-likeness (QED) is 0.834. The highest BCUT2D eigenvalue weighted by Crippen LogP contribution is 2.26. The number of carbonyl (C=O) groups excluding carboxylic acids is 2. The largest absolute Gasteiger partial charge is 0.443 e. The first-order chi connectivity index (χ1) is 11.7. The molecule has 0 saturated carbocycles. The minimum absolute atomic E-state index is 0.00190. The van der Waals surface area contributed by atoms with Crippen LogP contribution in [-0.4, -0.2) is 41.8 Å². The fourth-order valence-corrected chi connectivity index (χ4v) is 2.95. The average molecular weight is 347 g/mol. The van der Waals surface area contributed by atoms with E-state index in [1.54, 1.807) is 20.8 Å². The van der Waals surface area contributed by atoms with Crippen molar-refractivity contribution in [2.45, 2.75) is 52.7 Å². The van der Waals surface area contributed by atoms with Gasteiger partial charge < -0.3 is 9.47 Å². The van der Waals surface area contributed by atoms with Crippen molar-refractivity contribution in [3.05, 3.63) is 35.9 Å². The zero-order chi connectivity index (χ0) is 18.6. The molecule has 0 bridgehead atoms. The van der Waals surface area contributed by atoms with Crippen LogP contribution < -0.4 is 0 Å². The molecule has 0 radical (unpaired) electrons. The monoisotopic (exact) mass is 347 g/mol. The Hall–Kier alpha value is -1.88. The first kappa shape index (κ1) is 19.4. The highest BCUT2D eigenvalue weighted by molar-refractivity contribution is 5.95. The summed E-state index contributed by atoms with van der Waals surface area (Å²) in [5, 5.41) is 0. The summed E-state index contributed by atoms with van der Waals surface area (Å²) in [6.45, 7) is 10.1. The van der Waals surface area contributed by atoms with Crippen molar-refractivity contribution < 1.29 is 19.1 Å². The lowest BCUT2D eigenvalue weighted by Crippen LogP contribution is -2.54. The molecular weight excluding hydrogens is 318 g/mol. The zero-order valence-electron chi connectivity index (χ0n) is 15.8. The molecule has 0 spiro atoms. The number of hydrogen-bond acceptors (Lipinski definition) is 4. The van der Waals surface area contributed by atoms with Crippen LogP contribution in [0, 0.1) is 11.8 Å². The summed E-state index contributed by atoms with van der Waals surface area (Å²) in [6, 6.07) is 10.2. The van der Waals surface area contributed by atoms with Gasteiger partial charge in [-0.2, -0.15) is 0 Å². The second kappa shape index (κ2) is 8.00. The number of hydrogen-bond donors (Lipinski definition) is 0. The fourth-order valence-electron chi connectivity index (χ4n) is 2.95. The van der Waals surface area contributed by atoms with Crippen molar-refractivity contribution in [3.8, 4) is 0 Å². The Kier molecular flexibility index (Phi) is 6.22. The molecule has 1 aromatic carbocycles. The van der Waals surface area contributed by atoms with Gasteiger partial charge in [0.05, 0.1) is 13.2 Å². The van der Waals surface area contributed by atoms with Crippen LogP contribution in [0.25, 0.3) is 0 Å². The van der Waals surface area contributed by atoms with Crippen molar-refractivity contribution in [1.29, 1.82) is 0 Å². The molecule has 138 valence electrons. The number of morpholine rings is 1. The fraction of sp³-hybridized carbons (Fsp3) is 0.600. The highest BCUT2D eigenvalue weighted by Gasteiger charge is 2.40. The van der Waals surface area contributed by atoms with Crippen LogP contribution in [0.5, 0.6) is 0 Å². The number of nitrogens with zero attached hydrogens (tertiary/aromatic N) is 1. The number of amides is 2. The maximum atomic E-state index is 12.8. The first-order valence-electron chi connectivity index (χ1n) is 8.89. The number of imide groups is 1. The molecule has 3 atom stereocenters. The van der Waals surface area contributed by atoms with Crippen molar-refractivity contribution in [2.24, 2.45) is 11.8 Å². The Morgan fingerprint density at radius 1 is 1.28 bits per heavy atom. The standard InChI is InChI=1S/C20H29NO4/c1-14(13-16-9-7-6-8-10-16)15(2)17-18(22)21(11-12-24-17)19(23)25-20(3,4)5/h6-10,14-15,17H,11-13H2,1-5H3/t14?,15-,17-/m0/s1. The molecule has 1 aromatic rings. The third-order valence-corrected chi connectivity index (χ3v) is 4.51. The SMILES string of the molecule is CC(Cc1ccccc1)[C@H](C)[C@@H]1OCCN(C(=O)OC(C)(C)C)C1=O. The third kappa shape index (κ3) is 5.30. The van der Waals surface area contributed by atoms with E-state index in [1.165, 1.54) is 10.5 Å². The Labute approximate surface area is 150 Å². The van der Waals surface area contributed by atoms with Gasteiger partial charge in [0.1, 0.15) is 11.7 Å². The van der Waals surface area contributed by atoms with E-state index in [4.69, 9.17) is 9.47 Å². The summed E-state index contributed by atoms with van der Waals surface area (Å²) in [4.78, 5) is 26.2. The Morgan fingerprint density at radius 3 is 2.52 bits per heavy atom. The van der Waals surface area contributed by atoms with Crippen LogP contribution in [0.1, 0.15) is 40.2 Å². The predicted molar refractivity (Wildman–Crippen MR) is 96.2 cm³/mol. The Morgan fingerprint density at radius 2 is 1.92 bits per heavy atom. The van der Waals surface area contributed by atoms with Crippen molar-refractivity contribution >= 4 is 12.0 Å². The highest BCUT2D eigenvalue weighted by atomic mass is 16.6. The number of carbonyl (C=O) groups is 2. The van der Waals surface area contributed by atoms with Crippen LogP contribution in [0.3, 0.4) is 0 Å². The smallest absolute Gasteiger partial charge is 0.417 e. The molecule has 1 heterocycles. The van der Waals surface area contributed by atoms with Crippen LogP contribution in [0.2, 0.25) is 0 Å². The van der Waals surface area contributed by atoms with E-state index in [0.717, 1.165) is 6.42 Å². The molecule has 0 N–H and O–H groups in total. The summed E-state index contributed by atoms with van der Waals surface area (Å²) in [6.07, 6.45) is -0.338. The second-order valence-electron chi connectivity index (χ2n) is 7.79. The molecule has 0 aliphatic carbocycles. The van der Waals surface area contributed by atoms with E-state index in [9.17, 15) is 9.59 Å². The van der Waals surface area contributed by atoms with Crippen molar-refractivity contribution in [2.75, 3.05) is 13.2 Å². The summed E-state index contributed by atoms with van der Waals surface area (Å²) in [5.74, 6) is -0.0548. The second-order valence-corrected chi connectivity index (χ2v) is 7.79. The lowest BCUT2D eigenvalue weighted by atomic mass is 9.85. The Bertz CT molecular complexity index is 593. The molecule has 1 fully saturated rings. The molecule has 5 heteroatoms. The van der Waals surface area contributed by atoms with Gasteiger partial charge in [0.2, 0.25) is 0 Å². The van der Waals surface area contributed by atoms with Crippen LogP contribution in [0.4, 0.5) is 4.79 Å². The minimum atomic E-state index is -0.628. The molecule has 1 aliphatic heterocycles. The van der Waals surface area contributed by atoms with Gasteiger partial charge in [-0.1, -0.05) is 44.2 Å². The van der Waals surface area contributed by atoms with E-state index >= 15 is 0 Å². The summed E-state index contributed by atoms with van der Waals surface area (Å²) < 4.78 is 11.1. The topological polar surface area (TPSA) is 55.8 Å². The molecule has 5 nitrogen and oxygen atoms in total. The number of rotatable bonds is 4. The predicted octanol–water partition coefficient (Wildman–Crippen LogP) is 3.66. The van der Waals surface area contributed by atoms with E-state index in [0.29, 0.717) is 6.61 Å². The van der Waals surface area contributed by atoms with Gasteiger partial charge in [-0.05, 0) is 44.6 Å². The van der Waals surface area contributed by atoms with Crippen LogP contribution in [-0.2, 0) is 20.7 Å². The summed E-state index contributed by atoms with van der Waals surface area (Å²) >= 11 is 0. The molecule has 1 saturated heterocycles. The molecular formula is C20H29NO4. The van der Waals surface area contributed by atoms with Crippen molar-refractivity contribution in [1.82, 2.24) is 4.90 Å². The molecule has 2 rings (SSSR count). The maximum Gasteiger partial charge on any atom is 0.417 e. The molecule has 0 aromatic heterocycles. The van der Waals surface area contributed by atoms with Gasteiger partial charge in [-0.15, -0.1) is 0 Å². The normalized spacial score (nSPS) is 20.9. The first-order valence-corrected chi connectivity index (χ1v) is 8.89. The lowest BCUT2D eigenvalue weighted by Gasteiger charge is -2.36.